The summed E-state index contributed by atoms with van der Waals surface area (Å²) in [6.07, 6.45) is 5.27. The molecule has 0 saturated carbocycles. The molecule has 2 aromatic heterocycles. The third kappa shape index (κ3) is 4.53. The van der Waals surface area contributed by atoms with Crippen molar-refractivity contribution < 1.29 is 9.13 Å². The van der Waals surface area contributed by atoms with E-state index in [1.54, 1.807) is 0 Å². The van der Waals surface area contributed by atoms with Gasteiger partial charge in [-0.25, -0.2) is 4.57 Å². The summed E-state index contributed by atoms with van der Waals surface area (Å²) < 4.78 is 4.57. The van der Waals surface area contributed by atoms with Gasteiger partial charge in [-0.1, -0.05) is 60.7 Å². The molecular formula is C32H30N2+2. The van der Waals surface area contributed by atoms with Crippen LogP contribution >= 0.6 is 0 Å². The normalized spacial score (nSPS) is 10.9. The topological polar surface area (TPSA) is 7.76 Å². The smallest absolute Gasteiger partial charge is 0.201 e. The van der Waals surface area contributed by atoms with Crippen LogP contribution in [0.2, 0.25) is 0 Å². The van der Waals surface area contributed by atoms with Crippen LogP contribution in [0.15, 0.2) is 122 Å². The third-order valence-electron chi connectivity index (χ3n) is 6.52. The third-order valence-corrected chi connectivity index (χ3v) is 6.52. The molecule has 0 aliphatic heterocycles. The fraction of sp³-hybridized carbons (Fsp3) is 0.125. The van der Waals surface area contributed by atoms with Gasteiger partial charge in [0.1, 0.15) is 7.05 Å². The van der Waals surface area contributed by atoms with Crippen molar-refractivity contribution >= 4 is 0 Å². The van der Waals surface area contributed by atoms with Gasteiger partial charge in [0.2, 0.25) is 11.4 Å². The fourth-order valence-electron chi connectivity index (χ4n) is 4.71. The summed E-state index contributed by atoms with van der Waals surface area (Å²) in [7, 11) is 2.11. The molecule has 2 heteroatoms. The Bertz CT molecular complexity index is 1420. The number of nitrogens with zero attached hydrogens (tertiary/aromatic N) is 2. The molecule has 166 valence electrons. The van der Waals surface area contributed by atoms with E-state index < -0.39 is 0 Å². The minimum absolute atomic E-state index is 0.920. The van der Waals surface area contributed by atoms with Gasteiger partial charge in [-0.2, -0.15) is 4.57 Å². The molecule has 0 aliphatic carbocycles. The van der Waals surface area contributed by atoms with E-state index in [2.05, 4.69) is 145 Å². The highest BCUT2D eigenvalue weighted by Gasteiger charge is 2.18. The van der Waals surface area contributed by atoms with Crippen molar-refractivity contribution in [2.24, 2.45) is 7.05 Å². The molecule has 0 saturated heterocycles. The van der Waals surface area contributed by atoms with Crippen LogP contribution in [-0.2, 0) is 20.0 Å². The molecule has 3 aromatic carbocycles. The SMILES string of the molecule is Cc1cc(-c2ccccc2)ccc1-c1cccc[n+]1CCc1ccccc1-c1cccc[n+]1C. The van der Waals surface area contributed by atoms with Crippen molar-refractivity contribution in [3.05, 3.63) is 133 Å². The second-order valence-electron chi connectivity index (χ2n) is 8.78. The van der Waals surface area contributed by atoms with E-state index in [0.717, 1.165) is 13.0 Å². The summed E-state index contributed by atoms with van der Waals surface area (Å²) in [6.45, 7) is 3.13. The average Bonchev–Trinajstić information content (AvgIpc) is 2.89. The molecule has 0 spiro atoms. The van der Waals surface area contributed by atoms with E-state index in [9.17, 15) is 0 Å². The van der Waals surface area contributed by atoms with Gasteiger partial charge >= 0.3 is 0 Å². The quantitative estimate of drug-likeness (QED) is 0.271. The van der Waals surface area contributed by atoms with Crippen LogP contribution in [-0.4, -0.2) is 0 Å². The second kappa shape index (κ2) is 9.84. The summed E-state index contributed by atoms with van der Waals surface area (Å²) in [6, 6.07) is 39.0. The van der Waals surface area contributed by atoms with Crippen molar-refractivity contribution in [1.82, 2.24) is 0 Å². The number of aryl methyl sites for hydroxylation is 4. The summed E-state index contributed by atoms with van der Waals surface area (Å²) in [5.74, 6) is 0. The molecule has 0 unspecified atom stereocenters. The lowest BCUT2D eigenvalue weighted by atomic mass is 9.97. The van der Waals surface area contributed by atoms with E-state index >= 15 is 0 Å². The Hall–Kier alpha value is -4.04. The molecule has 0 radical (unpaired) electrons. The van der Waals surface area contributed by atoms with Gasteiger partial charge in [0.25, 0.3) is 0 Å². The van der Waals surface area contributed by atoms with Crippen LogP contribution in [0.5, 0.6) is 0 Å². The number of benzene rings is 3. The molecule has 34 heavy (non-hydrogen) atoms. The minimum Gasteiger partial charge on any atom is -0.201 e. The number of rotatable bonds is 6. The van der Waals surface area contributed by atoms with Gasteiger partial charge in [-0.15, -0.1) is 0 Å². The molecule has 0 amide bonds. The van der Waals surface area contributed by atoms with Crippen LogP contribution in [0.1, 0.15) is 11.1 Å². The summed E-state index contributed by atoms with van der Waals surface area (Å²) in [4.78, 5) is 0. The van der Waals surface area contributed by atoms with Gasteiger partial charge in [0, 0.05) is 41.8 Å². The zero-order valence-corrected chi connectivity index (χ0v) is 19.9. The molecular weight excluding hydrogens is 412 g/mol. The van der Waals surface area contributed by atoms with E-state index in [4.69, 9.17) is 0 Å². The Morgan fingerprint density at radius 2 is 1.29 bits per heavy atom. The highest BCUT2D eigenvalue weighted by Crippen LogP contribution is 2.27. The predicted molar refractivity (Wildman–Crippen MR) is 139 cm³/mol. The molecule has 0 fully saturated rings. The zero-order chi connectivity index (χ0) is 23.3. The minimum atomic E-state index is 0.920. The first kappa shape index (κ1) is 21.8. The van der Waals surface area contributed by atoms with Gasteiger partial charge in [0.15, 0.2) is 18.9 Å². The van der Waals surface area contributed by atoms with Crippen molar-refractivity contribution in [3.8, 4) is 33.6 Å². The lowest BCUT2D eigenvalue weighted by Gasteiger charge is -2.10. The van der Waals surface area contributed by atoms with Crippen LogP contribution in [0.25, 0.3) is 33.6 Å². The van der Waals surface area contributed by atoms with Crippen molar-refractivity contribution in [3.63, 3.8) is 0 Å². The Morgan fingerprint density at radius 3 is 2.09 bits per heavy atom. The van der Waals surface area contributed by atoms with Gasteiger partial charge in [-0.05, 0) is 53.4 Å². The first-order valence-electron chi connectivity index (χ1n) is 11.9. The van der Waals surface area contributed by atoms with Crippen LogP contribution < -0.4 is 9.13 Å². The van der Waals surface area contributed by atoms with E-state index in [0.29, 0.717) is 0 Å². The highest BCUT2D eigenvalue weighted by molar-refractivity contribution is 5.70. The first-order valence-corrected chi connectivity index (χ1v) is 11.9. The molecule has 0 bridgehead atoms. The highest BCUT2D eigenvalue weighted by atomic mass is 15.0. The summed E-state index contributed by atoms with van der Waals surface area (Å²) in [5.41, 5.74) is 10.2. The van der Waals surface area contributed by atoms with Crippen molar-refractivity contribution in [2.45, 2.75) is 19.9 Å². The second-order valence-corrected chi connectivity index (χ2v) is 8.78. The van der Waals surface area contributed by atoms with E-state index in [1.165, 1.54) is 44.8 Å². The molecule has 0 atom stereocenters. The Labute approximate surface area is 202 Å². The largest absolute Gasteiger partial charge is 0.212 e. The van der Waals surface area contributed by atoms with Crippen molar-refractivity contribution in [1.29, 1.82) is 0 Å². The van der Waals surface area contributed by atoms with Crippen LogP contribution in [0.3, 0.4) is 0 Å². The lowest BCUT2D eigenvalue weighted by Crippen LogP contribution is -2.37. The number of aromatic nitrogens is 2. The van der Waals surface area contributed by atoms with Crippen LogP contribution in [0.4, 0.5) is 0 Å². The molecule has 2 nitrogen and oxygen atoms in total. The van der Waals surface area contributed by atoms with Crippen molar-refractivity contribution in [2.75, 3.05) is 0 Å². The average molecular weight is 443 g/mol. The zero-order valence-electron chi connectivity index (χ0n) is 19.9. The molecule has 5 aromatic rings. The molecule has 2 heterocycles. The van der Waals surface area contributed by atoms with Gasteiger partial charge in [-0.3, -0.25) is 0 Å². The van der Waals surface area contributed by atoms with E-state index in [-0.39, 0.29) is 0 Å². The monoisotopic (exact) mass is 442 g/mol. The maximum absolute atomic E-state index is 2.38. The summed E-state index contributed by atoms with van der Waals surface area (Å²) >= 11 is 0. The Morgan fingerprint density at radius 1 is 0.588 bits per heavy atom. The standard InChI is InChI=1S/C32H30N2/c1-25-24-28(26-12-4-3-5-13-26)18-19-29(25)32-17-9-11-22-34(32)23-20-27-14-6-7-15-30(27)31-16-8-10-21-33(31)2/h3-19,21-22,24H,20,23H2,1-2H3/q+2. The van der Waals surface area contributed by atoms with Crippen LogP contribution in [0, 0.1) is 6.92 Å². The molecule has 5 rings (SSSR count). The Kier molecular flexibility index (Phi) is 6.31. The maximum Gasteiger partial charge on any atom is 0.212 e. The first-order chi connectivity index (χ1) is 16.7. The molecule has 0 N–H and O–H groups in total. The maximum atomic E-state index is 2.38. The van der Waals surface area contributed by atoms with Gasteiger partial charge in [0.05, 0.1) is 0 Å². The van der Waals surface area contributed by atoms with E-state index in [1.807, 2.05) is 0 Å². The Balaban J connectivity index is 1.44. The number of pyridine rings is 2. The van der Waals surface area contributed by atoms with Gasteiger partial charge < -0.3 is 0 Å². The fourth-order valence-corrected chi connectivity index (χ4v) is 4.71. The number of hydrogen-bond donors (Lipinski definition) is 0. The lowest BCUT2D eigenvalue weighted by molar-refractivity contribution is -0.685. The predicted octanol–water partition coefficient (Wildman–Crippen LogP) is 6.35. The molecule has 0 aliphatic rings. The number of hydrogen-bond acceptors (Lipinski definition) is 0. The summed E-state index contributed by atoms with van der Waals surface area (Å²) in [5, 5.41) is 0.